The highest BCUT2D eigenvalue weighted by Gasteiger charge is 2.94. The number of rotatable bonds is 12. The number of alkyl halides is 15. The van der Waals surface area contributed by atoms with Gasteiger partial charge >= 0.3 is 41.7 Å². The van der Waals surface area contributed by atoms with Gasteiger partial charge in [-0.3, -0.25) is 4.79 Å². The smallest absolute Gasteiger partial charge is 0.351 e. The molecular weight excluding hydrogens is 509 g/mol. The summed E-state index contributed by atoms with van der Waals surface area (Å²) < 4.78 is 196. The van der Waals surface area contributed by atoms with Crippen LogP contribution in [0.2, 0.25) is 0 Å². The van der Waals surface area contributed by atoms with Gasteiger partial charge in [-0.2, -0.15) is 65.9 Å². The van der Waals surface area contributed by atoms with E-state index in [9.17, 15) is 70.7 Å². The minimum Gasteiger partial charge on any atom is -0.351 e. The van der Waals surface area contributed by atoms with Crippen molar-refractivity contribution >= 4 is 5.91 Å². The first-order chi connectivity index (χ1) is 14.4. The summed E-state index contributed by atoms with van der Waals surface area (Å²) in [7, 11) is 0. The van der Waals surface area contributed by atoms with E-state index in [1.54, 1.807) is 18.7 Å². The van der Waals surface area contributed by atoms with Crippen LogP contribution < -0.4 is 5.32 Å². The highest BCUT2D eigenvalue weighted by molar-refractivity contribution is 5.84. The zero-order valence-corrected chi connectivity index (χ0v) is 16.6. The number of amides is 1. The van der Waals surface area contributed by atoms with Crippen LogP contribution in [0.5, 0.6) is 0 Å². The Morgan fingerprint density at radius 3 is 1.36 bits per heavy atom. The Hall–Kier alpha value is -1.62. The van der Waals surface area contributed by atoms with Gasteiger partial charge in [0.15, 0.2) is 0 Å². The highest BCUT2D eigenvalue weighted by Crippen LogP contribution is 2.62. The summed E-state index contributed by atoms with van der Waals surface area (Å²) in [5, 5.41) is 0.960. The monoisotopic (exact) mass is 526 g/mol. The summed E-state index contributed by atoms with van der Waals surface area (Å²) in [6.45, 7) is 3.19. The van der Waals surface area contributed by atoms with Gasteiger partial charge in [0.05, 0.1) is 0 Å². The summed E-state index contributed by atoms with van der Waals surface area (Å²) in [4.78, 5) is 12.8. The Labute approximate surface area is 176 Å². The second-order valence-electron chi connectivity index (χ2n) is 6.58. The zero-order chi connectivity index (χ0) is 26.9. The normalized spacial score (nSPS) is 15.2. The molecule has 18 heteroatoms. The molecule has 0 aliphatic carbocycles. The van der Waals surface area contributed by atoms with Crippen LogP contribution in [0.3, 0.4) is 0 Å². The van der Waals surface area contributed by atoms with Crippen LogP contribution in [-0.4, -0.2) is 78.7 Å². The highest BCUT2D eigenvalue weighted by atomic mass is 19.4. The van der Waals surface area contributed by atoms with Crippen LogP contribution in [0.4, 0.5) is 65.9 Å². The molecule has 0 atom stereocenters. The van der Waals surface area contributed by atoms with Gasteiger partial charge in [0, 0.05) is 6.54 Å². The quantitative estimate of drug-likeness (QED) is 0.280. The molecule has 0 unspecified atom stereocenters. The third-order valence-electron chi connectivity index (χ3n) is 4.44. The standard InChI is InChI=1S/C15H17F15N2O/c1-3-32(4-2)7-5-6-31-8(33)9(16,17)10(18,19)11(20,21)12(22,23)13(24,25)14(26,27)15(28,29)30/h3-7H2,1-2H3,(H,31,33). The lowest BCUT2D eigenvalue weighted by atomic mass is 9.91. The summed E-state index contributed by atoms with van der Waals surface area (Å²) in [6.07, 6.45) is -7.94. The Kier molecular flexibility index (Phi) is 9.09. The third-order valence-corrected chi connectivity index (χ3v) is 4.44. The molecule has 0 saturated heterocycles. The molecule has 1 N–H and O–H groups in total. The predicted molar refractivity (Wildman–Crippen MR) is 81.2 cm³/mol. The summed E-state index contributed by atoms with van der Waals surface area (Å²) in [5.41, 5.74) is 0. The van der Waals surface area contributed by atoms with Crippen molar-refractivity contribution in [3.8, 4) is 0 Å². The largest absolute Gasteiger partial charge is 0.460 e. The minimum absolute atomic E-state index is 0.0439. The Morgan fingerprint density at radius 1 is 0.636 bits per heavy atom. The molecule has 1 amide bonds. The van der Waals surface area contributed by atoms with E-state index in [1.807, 2.05) is 0 Å². The maximum absolute atomic E-state index is 13.6. The molecule has 0 aliphatic heterocycles. The fraction of sp³-hybridized carbons (Fsp3) is 0.933. The maximum atomic E-state index is 13.6. The molecule has 33 heavy (non-hydrogen) atoms. The van der Waals surface area contributed by atoms with Crippen molar-refractivity contribution in [2.45, 2.75) is 62.0 Å². The molecule has 198 valence electrons. The SMILES string of the molecule is CCN(CC)CCCNC(=O)C(F)(F)C(F)(F)C(F)(F)C(F)(F)C(F)(F)C(F)(F)C(F)(F)F. The van der Waals surface area contributed by atoms with Crippen LogP contribution in [0.15, 0.2) is 0 Å². The van der Waals surface area contributed by atoms with Crippen molar-refractivity contribution < 1.29 is 70.7 Å². The summed E-state index contributed by atoms with van der Waals surface area (Å²) in [6, 6.07) is 0. The van der Waals surface area contributed by atoms with E-state index >= 15 is 0 Å². The molecule has 3 nitrogen and oxygen atoms in total. The number of hydrogen-bond donors (Lipinski definition) is 1. The molecule has 0 aromatic rings. The molecule has 0 aliphatic rings. The van der Waals surface area contributed by atoms with Crippen molar-refractivity contribution in [1.29, 1.82) is 0 Å². The molecule has 0 heterocycles. The van der Waals surface area contributed by atoms with Gasteiger partial charge in [0.25, 0.3) is 5.91 Å². The van der Waals surface area contributed by atoms with Crippen LogP contribution in [0, 0.1) is 0 Å². The Balaban J connectivity index is 5.96. The average Bonchev–Trinajstić information content (AvgIpc) is 2.66. The van der Waals surface area contributed by atoms with Gasteiger partial charge in [-0.05, 0) is 26.1 Å². The molecule has 0 aromatic carbocycles. The number of carbonyl (C=O) groups excluding carboxylic acids is 1. The van der Waals surface area contributed by atoms with Gasteiger partial charge in [-0.1, -0.05) is 13.8 Å². The topological polar surface area (TPSA) is 32.3 Å². The van der Waals surface area contributed by atoms with Gasteiger partial charge in [0.1, 0.15) is 0 Å². The van der Waals surface area contributed by atoms with Crippen LogP contribution in [0.1, 0.15) is 20.3 Å². The molecule has 0 aromatic heterocycles. The summed E-state index contributed by atoms with van der Waals surface area (Å²) >= 11 is 0. The van der Waals surface area contributed by atoms with Crippen LogP contribution >= 0.6 is 0 Å². The third kappa shape index (κ3) is 5.08. The van der Waals surface area contributed by atoms with E-state index in [2.05, 4.69) is 0 Å². The first-order valence-corrected chi connectivity index (χ1v) is 8.76. The van der Waals surface area contributed by atoms with E-state index in [0.29, 0.717) is 13.1 Å². The van der Waals surface area contributed by atoms with E-state index in [4.69, 9.17) is 0 Å². The van der Waals surface area contributed by atoms with Crippen molar-refractivity contribution in [2.75, 3.05) is 26.2 Å². The van der Waals surface area contributed by atoms with Crippen LogP contribution in [-0.2, 0) is 4.79 Å². The van der Waals surface area contributed by atoms with E-state index in [1.165, 1.54) is 0 Å². The molecule has 0 saturated carbocycles. The molecule has 0 rings (SSSR count). The lowest BCUT2D eigenvalue weighted by molar-refractivity contribution is -0.449. The van der Waals surface area contributed by atoms with Crippen molar-refractivity contribution in [1.82, 2.24) is 10.2 Å². The van der Waals surface area contributed by atoms with E-state index in [-0.39, 0.29) is 13.0 Å². The van der Waals surface area contributed by atoms with Gasteiger partial charge in [-0.15, -0.1) is 0 Å². The van der Waals surface area contributed by atoms with Gasteiger partial charge in [0.2, 0.25) is 0 Å². The van der Waals surface area contributed by atoms with Crippen molar-refractivity contribution in [3.05, 3.63) is 0 Å². The second kappa shape index (κ2) is 9.56. The number of hydrogen-bond acceptors (Lipinski definition) is 2. The van der Waals surface area contributed by atoms with Crippen molar-refractivity contribution in [3.63, 3.8) is 0 Å². The van der Waals surface area contributed by atoms with Gasteiger partial charge in [-0.25, -0.2) is 0 Å². The molecular formula is C15H17F15N2O. The lowest BCUT2D eigenvalue weighted by Crippen LogP contribution is -2.74. The average molecular weight is 526 g/mol. The Morgan fingerprint density at radius 2 is 1.00 bits per heavy atom. The van der Waals surface area contributed by atoms with Crippen LogP contribution in [0.25, 0.3) is 0 Å². The molecule has 0 fully saturated rings. The number of halogens is 15. The van der Waals surface area contributed by atoms with E-state index < -0.39 is 54.2 Å². The first kappa shape index (κ1) is 31.4. The number of carbonyl (C=O) groups is 1. The molecule has 0 radical (unpaired) electrons. The molecule has 0 bridgehead atoms. The fourth-order valence-electron chi connectivity index (χ4n) is 2.26. The number of nitrogens with zero attached hydrogens (tertiary/aromatic N) is 1. The second-order valence-corrected chi connectivity index (χ2v) is 6.58. The lowest BCUT2D eigenvalue weighted by Gasteiger charge is -2.41. The van der Waals surface area contributed by atoms with E-state index in [0.717, 1.165) is 5.32 Å². The van der Waals surface area contributed by atoms with Gasteiger partial charge < -0.3 is 10.2 Å². The summed E-state index contributed by atoms with van der Waals surface area (Å²) in [5.74, 6) is -51.2. The minimum atomic E-state index is -8.41. The van der Waals surface area contributed by atoms with Crippen molar-refractivity contribution in [2.24, 2.45) is 0 Å². The zero-order valence-electron chi connectivity index (χ0n) is 16.6. The molecule has 0 spiro atoms. The predicted octanol–water partition coefficient (Wildman–Crippen LogP) is 5.21. The fourth-order valence-corrected chi connectivity index (χ4v) is 2.26. The Bertz CT molecular complexity index is 671. The maximum Gasteiger partial charge on any atom is 0.460 e. The number of nitrogens with one attached hydrogen (secondary N) is 1. The first-order valence-electron chi connectivity index (χ1n) is 8.76.